The minimum Gasteiger partial charge on any atom is -0.465 e. The Balaban J connectivity index is 1.33. The molecular weight excluding hydrogens is 538 g/mol. The third-order valence-corrected chi connectivity index (χ3v) is 12.3. The van der Waals surface area contributed by atoms with Gasteiger partial charge in [0.1, 0.15) is 0 Å². The van der Waals surface area contributed by atoms with E-state index in [1.54, 1.807) is 24.3 Å². The summed E-state index contributed by atoms with van der Waals surface area (Å²) in [5.41, 5.74) is 2.48. The van der Waals surface area contributed by atoms with Crippen molar-refractivity contribution in [1.29, 1.82) is 0 Å². The lowest BCUT2D eigenvalue weighted by Crippen LogP contribution is -2.51. The van der Waals surface area contributed by atoms with Crippen LogP contribution in [-0.2, 0) is 23.8 Å². The summed E-state index contributed by atoms with van der Waals surface area (Å²) < 4.78 is 16.6. The number of nitrogens with zero attached hydrogens (tertiary/aromatic N) is 1. The Morgan fingerprint density at radius 1 is 0.930 bits per heavy atom. The van der Waals surface area contributed by atoms with Crippen molar-refractivity contribution in [2.75, 3.05) is 39.5 Å². The van der Waals surface area contributed by atoms with Crippen LogP contribution < -0.4 is 0 Å². The zero-order valence-electron chi connectivity index (χ0n) is 28.6. The molecule has 0 aromatic rings. The molecule has 3 saturated carbocycles. The number of fused-ring (bicyclic) bond motifs is 5. The van der Waals surface area contributed by atoms with Gasteiger partial charge in [-0.05, 0) is 112 Å². The van der Waals surface area contributed by atoms with Crippen LogP contribution in [0, 0.1) is 46.3 Å². The number of hydrogen-bond acceptors (Lipinski definition) is 6. The van der Waals surface area contributed by atoms with E-state index in [1.807, 2.05) is 0 Å². The van der Waals surface area contributed by atoms with Crippen molar-refractivity contribution in [3.63, 3.8) is 0 Å². The molecule has 0 radical (unpaired) electrons. The second-order valence-corrected chi connectivity index (χ2v) is 15.3. The summed E-state index contributed by atoms with van der Waals surface area (Å²) in [5.74, 6) is 4.48. The molecule has 8 atom stereocenters. The average Bonchev–Trinajstić information content (AvgIpc) is 3.30. The number of allylic oxidation sites excluding steroid dienone is 1. The molecule has 0 aromatic heterocycles. The van der Waals surface area contributed by atoms with Crippen LogP contribution in [0.1, 0.15) is 119 Å². The van der Waals surface area contributed by atoms with E-state index < -0.39 is 0 Å². The van der Waals surface area contributed by atoms with Gasteiger partial charge in [0.05, 0.1) is 39.0 Å². The first kappa shape index (κ1) is 34.5. The number of rotatable bonds is 15. The lowest BCUT2D eigenvalue weighted by Gasteiger charge is -2.58. The topological polar surface area (TPSA) is 65.1 Å². The van der Waals surface area contributed by atoms with Crippen molar-refractivity contribution >= 4 is 11.9 Å². The van der Waals surface area contributed by atoms with Gasteiger partial charge in [0, 0.05) is 6.54 Å². The molecule has 43 heavy (non-hydrogen) atoms. The van der Waals surface area contributed by atoms with E-state index in [9.17, 15) is 9.59 Å². The number of esters is 2. The van der Waals surface area contributed by atoms with E-state index >= 15 is 0 Å². The first-order valence-corrected chi connectivity index (χ1v) is 17.9. The van der Waals surface area contributed by atoms with Gasteiger partial charge < -0.3 is 14.2 Å². The zero-order chi connectivity index (χ0) is 31.2. The van der Waals surface area contributed by atoms with Crippen molar-refractivity contribution in [2.45, 2.75) is 125 Å². The normalized spacial score (nSPS) is 34.3. The molecule has 0 bridgehead atoms. The Bertz CT molecular complexity index is 943. The highest BCUT2D eigenvalue weighted by molar-refractivity contribution is 5.75. The third-order valence-electron chi connectivity index (χ3n) is 12.3. The molecule has 0 N–H and O–H groups in total. The van der Waals surface area contributed by atoms with Crippen LogP contribution in [0.15, 0.2) is 11.6 Å². The maximum Gasteiger partial charge on any atom is 0.320 e. The standard InChI is InChI=1S/C37H63NO5/c1-8-41-34(39)24-38(25-35(40)42-9-2)21-22-43-29-17-19-36(6)28(23-29)13-14-30-32-16-15-31(27(5)12-10-11-26(3)4)37(32,7)20-18-33(30)36/h13,26-27,29-33H,8-12,14-25H2,1-7H3/t27-,29+,30+,31?,32?,33?,36+,37-/m1/s1. The second kappa shape index (κ2) is 15.3. The van der Waals surface area contributed by atoms with Gasteiger partial charge >= 0.3 is 11.9 Å². The highest BCUT2D eigenvalue weighted by Crippen LogP contribution is 2.67. The molecule has 0 aliphatic heterocycles. The van der Waals surface area contributed by atoms with E-state index in [0.717, 1.165) is 48.3 Å². The highest BCUT2D eigenvalue weighted by Gasteiger charge is 2.59. The van der Waals surface area contributed by atoms with Crippen LogP contribution in [0.5, 0.6) is 0 Å². The molecule has 0 saturated heterocycles. The van der Waals surface area contributed by atoms with Gasteiger partial charge in [0.25, 0.3) is 0 Å². The summed E-state index contributed by atoms with van der Waals surface area (Å²) in [7, 11) is 0. The van der Waals surface area contributed by atoms with Crippen molar-refractivity contribution < 1.29 is 23.8 Å². The Hall–Kier alpha value is -1.40. The fourth-order valence-electron chi connectivity index (χ4n) is 10.1. The quantitative estimate of drug-likeness (QED) is 0.141. The van der Waals surface area contributed by atoms with E-state index in [2.05, 4.69) is 40.7 Å². The van der Waals surface area contributed by atoms with Crippen molar-refractivity contribution in [3.05, 3.63) is 11.6 Å². The van der Waals surface area contributed by atoms with Gasteiger partial charge in [-0.3, -0.25) is 14.5 Å². The summed E-state index contributed by atoms with van der Waals surface area (Å²) in [6, 6.07) is 0. The third kappa shape index (κ3) is 8.07. The zero-order valence-corrected chi connectivity index (χ0v) is 28.6. The van der Waals surface area contributed by atoms with Crippen molar-refractivity contribution in [2.24, 2.45) is 46.3 Å². The lowest BCUT2D eigenvalue weighted by molar-refractivity contribution is -0.148. The van der Waals surface area contributed by atoms with Gasteiger partial charge in [-0.15, -0.1) is 0 Å². The lowest BCUT2D eigenvalue weighted by atomic mass is 9.47. The van der Waals surface area contributed by atoms with Gasteiger partial charge in [0.2, 0.25) is 0 Å². The molecule has 3 fully saturated rings. The molecule has 246 valence electrons. The first-order valence-electron chi connectivity index (χ1n) is 17.9. The van der Waals surface area contributed by atoms with Crippen LogP contribution >= 0.6 is 0 Å². The molecule has 4 rings (SSSR count). The molecule has 0 aromatic carbocycles. The van der Waals surface area contributed by atoms with Crippen molar-refractivity contribution in [3.8, 4) is 0 Å². The Morgan fingerprint density at radius 2 is 1.63 bits per heavy atom. The summed E-state index contributed by atoms with van der Waals surface area (Å²) in [6.45, 7) is 18.0. The summed E-state index contributed by atoms with van der Waals surface area (Å²) >= 11 is 0. The number of ether oxygens (including phenoxy) is 3. The molecule has 0 heterocycles. The SMILES string of the molecule is CCOC(=O)CN(CCO[C@H]1CC[C@@]2(C)C(=CC[C@H]3C4CCC([C@H](C)CCCC(C)C)[C@@]4(C)CCC32)C1)CC(=O)OCC. The number of hydrogen-bond donors (Lipinski definition) is 0. The van der Waals surface area contributed by atoms with Crippen LogP contribution in [0.25, 0.3) is 0 Å². The smallest absolute Gasteiger partial charge is 0.320 e. The molecule has 0 spiro atoms. The fraction of sp³-hybridized carbons (Fsp3) is 0.892. The molecular formula is C37H63NO5. The summed E-state index contributed by atoms with van der Waals surface area (Å²) in [5, 5.41) is 0. The monoisotopic (exact) mass is 601 g/mol. The van der Waals surface area contributed by atoms with Gasteiger partial charge in [-0.1, -0.05) is 65.5 Å². The number of carbonyl (C=O) groups excluding carboxylic acids is 2. The van der Waals surface area contributed by atoms with Gasteiger partial charge in [0.15, 0.2) is 0 Å². The molecule has 4 aliphatic carbocycles. The van der Waals surface area contributed by atoms with E-state index in [1.165, 1.54) is 57.8 Å². The van der Waals surface area contributed by atoms with Gasteiger partial charge in [-0.2, -0.15) is 0 Å². The maximum absolute atomic E-state index is 12.1. The van der Waals surface area contributed by atoms with Crippen LogP contribution in [0.3, 0.4) is 0 Å². The van der Waals surface area contributed by atoms with Crippen LogP contribution in [-0.4, -0.2) is 62.4 Å². The summed E-state index contributed by atoms with van der Waals surface area (Å²) in [6.07, 6.45) is 17.3. The Labute approximate surface area is 263 Å². The molecule has 3 unspecified atom stereocenters. The minimum atomic E-state index is -0.320. The van der Waals surface area contributed by atoms with Crippen LogP contribution in [0.2, 0.25) is 0 Å². The average molecular weight is 602 g/mol. The molecule has 6 heteroatoms. The summed E-state index contributed by atoms with van der Waals surface area (Å²) in [4.78, 5) is 26.0. The Morgan fingerprint density at radius 3 is 2.28 bits per heavy atom. The van der Waals surface area contributed by atoms with Crippen LogP contribution in [0.4, 0.5) is 0 Å². The minimum absolute atomic E-state index is 0.0740. The Kier molecular flexibility index (Phi) is 12.2. The fourth-order valence-corrected chi connectivity index (χ4v) is 10.1. The van der Waals surface area contributed by atoms with Crippen molar-refractivity contribution in [1.82, 2.24) is 4.90 Å². The van der Waals surface area contributed by atoms with E-state index in [4.69, 9.17) is 14.2 Å². The van der Waals surface area contributed by atoms with Gasteiger partial charge in [-0.25, -0.2) is 0 Å². The molecule has 0 amide bonds. The highest BCUT2D eigenvalue weighted by atomic mass is 16.5. The van der Waals surface area contributed by atoms with E-state index in [-0.39, 0.29) is 31.1 Å². The number of carbonyl (C=O) groups is 2. The predicted octanol–water partition coefficient (Wildman–Crippen LogP) is 7.84. The largest absolute Gasteiger partial charge is 0.465 e. The molecule has 4 aliphatic rings. The molecule has 6 nitrogen and oxygen atoms in total. The second-order valence-electron chi connectivity index (χ2n) is 15.3. The first-order chi connectivity index (χ1) is 20.5. The predicted molar refractivity (Wildman–Crippen MR) is 172 cm³/mol. The van der Waals surface area contributed by atoms with E-state index in [0.29, 0.717) is 37.2 Å². The maximum atomic E-state index is 12.1.